The van der Waals surface area contributed by atoms with Crippen LogP contribution in [-0.4, -0.2) is 17.0 Å². The third-order valence-electron chi connectivity index (χ3n) is 4.66. The van der Waals surface area contributed by atoms with Crippen molar-refractivity contribution >= 4 is 6.29 Å². The number of allylic oxidation sites excluding steroid dienone is 2. The molecule has 0 amide bonds. The first-order chi connectivity index (χ1) is 9.42. The van der Waals surface area contributed by atoms with Gasteiger partial charge in [-0.3, -0.25) is 4.79 Å². The number of hydrogen-bond acceptors (Lipinski definition) is 3. The van der Waals surface area contributed by atoms with E-state index in [1.165, 1.54) is 11.6 Å². The van der Waals surface area contributed by atoms with E-state index in [4.69, 9.17) is 4.74 Å². The molecule has 3 rings (SSSR count). The summed E-state index contributed by atoms with van der Waals surface area (Å²) in [6, 6.07) is 3.28. The number of fused-ring (bicyclic) bond motifs is 3. The smallest absolute Gasteiger partial charge is 0.150 e. The van der Waals surface area contributed by atoms with E-state index in [0.29, 0.717) is 17.2 Å². The zero-order valence-electron chi connectivity index (χ0n) is 12.1. The highest BCUT2D eigenvalue weighted by Gasteiger charge is 2.45. The van der Waals surface area contributed by atoms with Crippen LogP contribution in [0.25, 0.3) is 0 Å². The first kappa shape index (κ1) is 13.2. The lowest BCUT2D eigenvalue weighted by atomic mass is 9.67. The van der Waals surface area contributed by atoms with Crippen LogP contribution in [0.4, 0.5) is 0 Å². The summed E-state index contributed by atoms with van der Waals surface area (Å²) in [5, 5.41) is 10.3. The van der Waals surface area contributed by atoms with E-state index in [1.807, 2.05) is 0 Å². The molecule has 0 saturated heterocycles. The van der Waals surface area contributed by atoms with E-state index < -0.39 is 0 Å². The molecule has 1 aliphatic heterocycles. The topological polar surface area (TPSA) is 46.5 Å². The van der Waals surface area contributed by atoms with Crippen molar-refractivity contribution in [2.75, 3.05) is 0 Å². The number of carbonyl (C=O) groups is 1. The zero-order chi connectivity index (χ0) is 14.5. The lowest BCUT2D eigenvalue weighted by Gasteiger charge is -2.47. The number of rotatable bonds is 1. The second-order valence-electron chi connectivity index (χ2n) is 6.48. The number of benzene rings is 1. The van der Waals surface area contributed by atoms with Crippen LogP contribution < -0.4 is 4.74 Å². The maximum absolute atomic E-state index is 11.0. The Morgan fingerprint density at radius 3 is 2.85 bits per heavy atom. The first-order valence-electron chi connectivity index (χ1n) is 7.09. The number of aldehydes is 1. The van der Waals surface area contributed by atoms with Crippen LogP contribution in [0.5, 0.6) is 11.5 Å². The van der Waals surface area contributed by atoms with Crippen molar-refractivity contribution < 1.29 is 14.6 Å². The molecule has 2 aliphatic rings. The second-order valence-corrected chi connectivity index (χ2v) is 6.48. The zero-order valence-corrected chi connectivity index (χ0v) is 12.1. The van der Waals surface area contributed by atoms with E-state index in [9.17, 15) is 9.90 Å². The number of carbonyl (C=O) groups excluding carboxylic acids is 1. The van der Waals surface area contributed by atoms with Crippen LogP contribution in [0.1, 0.15) is 55.5 Å². The third kappa shape index (κ3) is 1.92. The lowest BCUT2D eigenvalue weighted by molar-refractivity contribution is 0.00754. The molecule has 106 valence electrons. The summed E-state index contributed by atoms with van der Waals surface area (Å²) in [6.07, 6.45) is 4.93. The van der Waals surface area contributed by atoms with Crippen LogP contribution in [0.3, 0.4) is 0 Å². The molecule has 1 aromatic rings. The van der Waals surface area contributed by atoms with Crippen LogP contribution in [0.2, 0.25) is 0 Å². The van der Waals surface area contributed by atoms with Gasteiger partial charge in [-0.1, -0.05) is 11.6 Å². The van der Waals surface area contributed by atoms with Crippen LogP contribution >= 0.6 is 0 Å². The van der Waals surface area contributed by atoms with E-state index >= 15 is 0 Å². The summed E-state index contributed by atoms with van der Waals surface area (Å²) in [4.78, 5) is 11.0. The molecular formula is C17H20O3. The molecule has 0 bridgehead atoms. The van der Waals surface area contributed by atoms with Gasteiger partial charge < -0.3 is 9.84 Å². The quantitative estimate of drug-likeness (QED) is 0.624. The summed E-state index contributed by atoms with van der Waals surface area (Å²) in [7, 11) is 0. The number of phenolic OH excluding ortho intramolecular Hbond substituents is 1. The average molecular weight is 272 g/mol. The molecule has 1 N–H and O–H groups in total. The molecule has 3 heteroatoms. The Bertz CT molecular complexity index is 598. The molecular weight excluding hydrogens is 252 g/mol. The van der Waals surface area contributed by atoms with Gasteiger partial charge in [0.1, 0.15) is 23.4 Å². The molecule has 0 radical (unpaired) electrons. The first-order valence-corrected chi connectivity index (χ1v) is 7.09. The Hall–Kier alpha value is -1.77. The Morgan fingerprint density at radius 1 is 1.40 bits per heavy atom. The van der Waals surface area contributed by atoms with Gasteiger partial charge in [-0.2, -0.15) is 0 Å². The van der Waals surface area contributed by atoms with E-state index in [0.717, 1.165) is 24.7 Å². The minimum Gasteiger partial charge on any atom is -0.507 e. The van der Waals surface area contributed by atoms with Gasteiger partial charge >= 0.3 is 0 Å². The Kier molecular flexibility index (Phi) is 2.89. The molecule has 2 atom stereocenters. The van der Waals surface area contributed by atoms with E-state index in [2.05, 4.69) is 26.8 Å². The van der Waals surface area contributed by atoms with Crippen molar-refractivity contribution in [1.82, 2.24) is 0 Å². The van der Waals surface area contributed by atoms with Gasteiger partial charge in [0.2, 0.25) is 0 Å². The predicted molar refractivity (Wildman–Crippen MR) is 77.4 cm³/mol. The van der Waals surface area contributed by atoms with Gasteiger partial charge in [0, 0.05) is 23.0 Å². The van der Waals surface area contributed by atoms with Crippen LogP contribution in [-0.2, 0) is 0 Å². The molecule has 0 aromatic heterocycles. The third-order valence-corrected chi connectivity index (χ3v) is 4.66. The van der Waals surface area contributed by atoms with Crippen molar-refractivity contribution in [3.05, 3.63) is 34.9 Å². The maximum Gasteiger partial charge on any atom is 0.150 e. The van der Waals surface area contributed by atoms with Gasteiger partial charge in [0.25, 0.3) is 0 Å². The highest BCUT2D eigenvalue weighted by molar-refractivity contribution is 5.77. The molecule has 0 fully saturated rings. The fourth-order valence-electron chi connectivity index (χ4n) is 3.65. The lowest BCUT2D eigenvalue weighted by Crippen LogP contribution is -2.45. The standard InChI is InChI=1S/C17H20O3/c1-10-4-5-13-12(6-10)16-14(19)7-11(9-18)8-15(16)20-17(13,2)3/h4,7-9,12-13,19H,5-6H2,1-3H3. The summed E-state index contributed by atoms with van der Waals surface area (Å²) < 4.78 is 6.10. The minimum absolute atomic E-state index is 0.185. The Morgan fingerprint density at radius 2 is 2.15 bits per heavy atom. The van der Waals surface area contributed by atoms with Crippen LogP contribution in [0, 0.1) is 5.92 Å². The Labute approximate surface area is 119 Å². The summed E-state index contributed by atoms with van der Waals surface area (Å²) in [5.41, 5.74) is 2.39. The SMILES string of the molecule is CC1=CCC2C(C1)c1c(O)cc(C=O)cc1OC2(C)C. The highest BCUT2D eigenvalue weighted by Crippen LogP contribution is 2.53. The van der Waals surface area contributed by atoms with Gasteiger partial charge in [-0.15, -0.1) is 0 Å². The molecule has 1 heterocycles. The fourth-order valence-corrected chi connectivity index (χ4v) is 3.65. The van der Waals surface area contributed by atoms with Gasteiger partial charge in [0.15, 0.2) is 0 Å². The molecule has 20 heavy (non-hydrogen) atoms. The van der Waals surface area contributed by atoms with Crippen molar-refractivity contribution in [2.24, 2.45) is 5.92 Å². The molecule has 1 aromatic carbocycles. The molecule has 0 saturated carbocycles. The molecule has 3 nitrogen and oxygen atoms in total. The number of hydrogen-bond donors (Lipinski definition) is 1. The van der Waals surface area contributed by atoms with Crippen molar-refractivity contribution in [2.45, 2.75) is 45.1 Å². The summed E-state index contributed by atoms with van der Waals surface area (Å²) >= 11 is 0. The van der Waals surface area contributed by atoms with Gasteiger partial charge in [-0.25, -0.2) is 0 Å². The Balaban J connectivity index is 2.17. The van der Waals surface area contributed by atoms with E-state index in [1.54, 1.807) is 6.07 Å². The fraction of sp³-hybridized carbons (Fsp3) is 0.471. The van der Waals surface area contributed by atoms with Crippen molar-refractivity contribution in [3.63, 3.8) is 0 Å². The van der Waals surface area contributed by atoms with Crippen molar-refractivity contribution in [3.8, 4) is 11.5 Å². The summed E-state index contributed by atoms with van der Waals surface area (Å²) in [6.45, 7) is 6.31. The van der Waals surface area contributed by atoms with E-state index in [-0.39, 0.29) is 17.3 Å². The van der Waals surface area contributed by atoms with Crippen molar-refractivity contribution in [1.29, 1.82) is 0 Å². The minimum atomic E-state index is -0.289. The molecule has 0 spiro atoms. The second kappa shape index (κ2) is 4.37. The largest absolute Gasteiger partial charge is 0.507 e. The number of aromatic hydroxyl groups is 1. The van der Waals surface area contributed by atoms with Gasteiger partial charge in [0.05, 0.1) is 0 Å². The molecule has 1 aliphatic carbocycles. The normalized spacial score (nSPS) is 26.9. The monoisotopic (exact) mass is 272 g/mol. The average Bonchev–Trinajstić information content (AvgIpc) is 2.36. The predicted octanol–water partition coefficient (Wildman–Crippen LogP) is 3.82. The maximum atomic E-state index is 11.0. The number of ether oxygens (including phenoxy) is 1. The van der Waals surface area contributed by atoms with Crippen LogP contribution in [0.15, 0.2) is 23.8 Å². The highest BCUT2D eigenvalue weighted by atomic mass is 16.5. The number of phenols is 1. The molecule has 2 unspecified atom stereocenters. The van der Waals surface area contributed by atoms with Gasteiger partial charge in [-0.05, 0) is 45.7 Å². The summed E-state index contributed by atoms with van der Waals surface area (Å²) in [5.74, 6) is 1.46.